The number of amidine groups is 1. The van der Waals surface area contributed by atoms with Crippen molar-refractivity contribution in [2.75, 3.05) is 0 Å². The second-order valence-corrected chi connectivity index (χ2v) is 2.35. The van der Waals surface area contributed by atoms with Crippen LogP contribution in [-0.2, 0) is 0 Å². The van der Waals surface area contributed by atoms with Crippen LogP contribution in [0.15, 0.2) is 17.1 Å². The van der Waals surface area contributed by atoms with Crippen molar-refractivity contribution >= 4 is 23.3 Å². The van der Waals surface area contributed by atoms with E-state index in [0.29, 0.717) is 16.8 Å². The normalized spacial score (nSPS) is 11.6. The fourth-order valence-electron chi connectivity index (χ4n) is 0.549. The van der Waals surface area contributed by atoms with Crippen LogP contribution in [0.4, 0.5) is 5.82 Å². The standard InChI is InChI=1S/C6H7ClN4/c1-4(8)9-6-3-2-5(7)10-11-6/h2-3H,1H3,(H2,8,9,11). The molecule has 0 atom stereocenters. The van der Waals surface area contributed by atoms with Crippen molar-refractivity contribution in [3.05, 3.63) is 17.3 Å². The zero-order chi connectivity index (χ0) is 8.27. The molecule has 4 nitrogen and oxygen atoms in total. The van der Waals surface area contributed by atoms with Crippen molar-refractivity contribution in [1.82, 2.24) is 10.2 Å². The molecular formula is C6H7ClN4. The average Bonchev–Trinajstić information content (AvgIpc) is 1.93. The van der Waals surface area contributed by atoms with Gasteiger partial charge in [-0.3, -0.25) is 0 Å². The Morgan fingerprint density at radius 1 is 1.55 bits per heavy atom. The Morgan fingerprint density at radius 3 is 2.73 bits per heavy atom. The molecule has 1 aromatic rings. The smallest absolute Gasteiger partial charge is 0.176 e. The highest BCUT2D eigenvalue weighted by atomic mass is 35.5. The van der Waals surface area contributed by atoms with Crippen LogP contribution >= 0.6 is 11.6 Å². The number of aliphatic imine (C=N–C) groups is 1. The molecule has 0 amide bonds. The highest BCUT2D eigenvalue weighted by Gasteiger charge is 1.91. The van der Waals surface area contributed by atoms with Crippen molar-refractivity contribution in [2.45, 2.75) is 6.92 Å². The number of aromatic nitrogens is 2. The Kier molecular flexibility index (Phi) is 2.38. The van der Waals surface area contributed by atoms with Crippen LogP contribution in [-0.4, -0.2) is 16.0 Å². The monoisotopic (exact) mass is 170 g/mol. The molecule has 5 heteroatoms. The van der Waals surface area contributed by atoms with Gasteiger partial charge in [0.05, 0.1) is 5.84 Å². The van der Waals surface area contributed by atoms with Crippen LogP contribution in [0.25, 0.3) is 0 Å². The lowest BCUT2D eigenvalue weighted by Crippen LogP contribution is -2.04. The Balaban J connectivity index is 2.91. The van der Waals surface area contributed by atoms with E-state index in [0.717, 1.165) is 0 Å². The number of hydrogen-bond donors (Lipinski definition) is 1. The Bertz CT molecular complexity index is 262. The molecule has 58 valence electrons. The SMILES string of the molecule is CC(N)=Nc1ccc(Cl)nn1. The first-order valence-corrected chi connectivity index (χ1v) is 3.36. The van der Waals surface area contributed by atoms with Crippen molar-refractivity contribution in [1.29, 1.82) is 0 Å². The molecule has 0 aliphatic heterocycles. The van der Waals surface area contributed by atoms with Gasteiger partial charge in [0.15, 0.2) is 11.0 Å². The summed E-state index contributed by atoms with van der Waals surface area (Å²) in [6.07, 6.45) is 0. The van der Waals surface area contributed by atoms with Gasteiger partial charge in [-0.2, -0.15) is 0 Å². The quantitative estimate of drug-likeness (QED) is 0.508. The molecule has 0 spiro atoms. The summed E-state index contributed by atoms with van der Waals surface area (Å²) >= 11 is 5.49. The highest BCUT2D eigenvalue weighted by Crippen LogP contribution is 2.08. The molecule has 1 aromatic heterocycles. The van der Waals surface area contributed by atoms with E-state index in [1.54, 1.807) is 19.1 Å². The molecule has 0 saturated heterocycles. The third-order valence-corrected chi connectivity index (χ3v) is 1.11. The van der Waals surface area contributed by atoms with E-state index < -0.39 is 0 Å². The predicted molar refractivity (Wildman–Crippen MR) is 44.0 cm³/mol. The number of hydrogen-bond acceptors (Lipinski definition) is 3. The van der Waals surface area contributed by atoms with E-state index >= 15 is 0 Å². The molecule has 11 heavy (non-hydrogen) atoms. The summed E-state index contributed by atoms with van der Waals surface area (Å²) in [7, 11) is 0. The molecular weight excluding hydrogens is 164 g/mol. The zero-order valence-electron chi connectivity index (χ0n) is 5.95. The lowest BCUT2D eigenvalue weighted by molar-refractivity contribution is 1.02. The topological polar surface area (TPSA) is 64.2 Å². The maximum Gasteiger partial charge on any atom is 0.176 e. The van der Waals surface area contributed by atoms with Crippen LogP contribution in [0.2, 0.25) is 5.15 Å². The van der Waals surface area contributed by atoms with Gasteiger partial charge in [0, 0.05) is 0 Å². The summed E-state index contributed by atoms with van der Waals surface area (Å²) in [4.78, 5) is 3.86. The van der Waals surface area contributed by atoms with Crippen molar-refractivity contribution in [3.8, 4) is 0 Å². The first-order valence-electron chi connectivity index (χ1n) is 2.98. The highest BCUT2D eigenvalue weighted by molar-refractivity contribution is 6.29. The van der Waals surface area contributed by atoms with Crippen LogP contribution in [0.5, 0.6) is 0 Å². The minimum Gasteiger partial charge on any atom is -0.387 e. The van der Waals surface area contributed by atoms with E-state index in [9.17, 15) is 0 Å². The van der Waals surface area contributed by atoms with Gasteiger partial charge in [-0.15, -0.1) is 10.2 Å². The molecule has 0 radical (unpaired) electrons. The zero-order valence-corrected chi connectivity index (χ0v) is 6.71. The molecule has 2 N–H and O–H groups in total. The largest absolute Gasteiger partial charge is 0.387 e. The van der Waals surface area contributed by atoms with Crippen LogP contribution in [0.3, 0.4) is 0 Å². The fraction of sp³-hybridized carbons (Fsp3) is 0.167. The number of nitrogens with two attached hydrogens (primary N) is 1. The van der Waals surface area contributed by atoms with Gasteiger partial charge >= 0.3 is 0 Å². The summed E-state index contributed by atoms with van der Waals surface area (Å²) in [6.45, 7) is 1.68. The van der Waals surface area contributed by atoms with E-state index in [-0.39, 0.29) is 0 Å². The Hall–Kier alpha value is -1.16. The third-order valence-electron chi connectivity index (χ3n) is 0.909. The summed E-state index contributed by atoms with van der Waals surface area (Å²) in [5.74, 6) is 0.913. The van der Waals surface area contributed by atoms with Crippen molar-refractivity contribution in [2.24, 2.45) is 10.7 Å². The van der Waals surface area contributed by atoms with E-state index in [2.05, 4.69) is 15.2 Å². The lowest BCUT2D eigenvalue weighted by Gasteiger charge is -1.91. The lowest BCUT2D eigenvalue weighted by atomic mass is 10.5. The fourth-order valence-corrected chi connectivity index (χ4v) is 0.650. The molecule has 1 rings (SSSR count). The van der Waals surface area contributed by atoms with Crippen LogP contribution in [0, 0.1) is 0 Å². The molecule has 0 saturated carbocycles. The number of halogens is 1. The summed E-state index contributed by atoms with van der Waals surface area (Å²) in [5, 5.41) is 7.60. The summed E-state index contributed by atoms with van der Waals surface area (Å²) < 4.78 is 0. The van der Waals surface area contributed by atoms with Crippen molar-refractivity contribution < 1.29 is 0 Å². The third kappa shape index (κ3) is 2.51. The average molecular weight is 171 g/mol. The Morgan fingerprint density at radius 2 is 2.27 bits per heavy atom. The van der Waals surface area contributed by atoms with Gasteiger partial charge in [-0.05, 0) is 19.1 Å². The predicted octanol–water partition coefficient (Wildman–Crippen LogP) is 1.14. The second-order valence-electron chi connectivity index (χ2n) is 1.97. The van der Waals surface area contributed by atoms with Gasteiger partial charge in [-0.25, -0.2) is 4.99 Å². The van der Waals surface area contributed by atoms with Crippen molar-refractivity contribution in [3.63, 3.8) is 0 Å². The molecule has 0 aliphatic rings. The number of nitrogens with zero attached hydrogens (tertiary/aromatic N) is 3. The summed E-state index contributed by atoms with van der Waals surface area (Å²) in [5.41, 5.74) is 5.31. The maximum atomic E-state index is 5.49. The minimum atomic E-state index is 0.346. The molecule has 0 aromatic carbocycles. The van der Waals surface area contributed by atoms with Gasteiger partial charge < -0.3 is 5.73 Å². The molecule has 0 fully saturated rings. The van der Waals surface area contributed by atoms with E-state index in [1.165, 1.54) is 0 Å². The second kappa shape index (κ2) is 3.30. The molecule has 0 unspecified atom stereocenters. The number of rotatable bonds is 1. The van der Waals surface area contributed by atoms with Gasteiger partial charge in [-0.1, -0.05) is 11.6 Å². The van der Waals surface area contributed by atoms with Crippen LogP contribution in [0.1, 0.15) is 6.92 Å². The molecule has 0 bridgehead atoms. The van der Waals surface area contributed by atoms with Gasteiger partial charge in [0.25, 0.3) is 0 Å². The molecule has 1 heterocycles. The maximum absolute atomic E-state index is 5.49. The molecule has 0 aliphatic carbocycles. The first kappa shape index (κ1) is 7.94. The van der Waals surface area contributed by atoms with Gasteiger partial charge in [0.2, 0.25) is 0 Å². The summed E-state index contributed by atoms with van der Waals surface area (Å²) in [6, 6.07) is 3.25. The Labute approximate surface area is 69.1 Å². The van der Waals surface area contributed by atoms with E-state index in [4.69, 9.17) is 17.3 Å². The van der Waals surface area contributed by atoms with E-state index in [1.807, 2.05) is 0 Å². The van der Waals surface area contributed by atoms with Gasteiger partial charge in [0.1, 0.15) is 0 Å². The first-order chi connectivity index (χ1) is 5.18. The minimum absolute atomic E-state index is 0.346. The van der Waals surface area contributed by atoms with Crippen LogP contribution < -0.4 is 5.73 Å².